The topological polar surface area (TPSA) is 86.1 Å². The van der Waals surface area contributed by atoms with Crippen LogP contribution in [0.25, 0.3) is 5.69 Å². The molecule has 0 unspecified atom stereocenters. The van der Waals surface area contributed by atoms with Gasteiger partial charge in [0.15, 0.2) is 5.03 Å². The van der Waals surface area contributed by atoms with Crippen molar-refractivity contribution in [2.75, 3.05) is 14.2 Å². The van der Waals surface area contributed by atoms with Crippen molar-refractivity contribution >= 4 is 22.2 Å². The number of hydrogen-bond acceptors (Lipinski definition) is 6. The van der Waals surface area contributed by atoms with Crippen LogP contribution >= 0.6 is 12.4 Å². The third-order valence-electron chi connectivity index (χ3n) is 3.67. The lowest BCUT2D eigenvalue weighted by Crippen LogP contribution is -2.11. The minimum Gasteiger partial charge on any atom is -0.481 e. The molecule has 10 heteroatoms. The van der Waals surface area contributed by atoms with Crippen molar-refractivity contribution in [2.24, 2.45) is 0 Å². The molecule has 0 aliphatic rings. The summed E-state index contributed by atoms with van der Waals surface area (Å²) in [6.45, 7) is 0.338. The summed E-state index contributed by atoms with van der Waals surface area (Å²) in [5.74, 6) is -0.279. The highest BCUT2D eigenvalue weighted by molar-refractivity contribution is 7.91. The van der Waals surface area contributed by atoms with Gasteiger partial charge in [-0.05, 0) is 25.2 Å². The van der Waals surface area contributed by atoms with Crippen LogP contribution in [0, 0.1) is 5.82 Å². The zero-order valence-corrected chi connectivity index (χ0v) is 16.2. The third-order valence-corrected chi connectivity index (χ3v) is 5.37. The van der Waals surface area contributed by atoms with E-state index in [1.165, 1.54) is 49.7 Å². The van der Waals surface area contributed by atoms with Gasteiger partial charge in [-0.3, -0.25) is 0 Å². The predicted molar refractivity (Wildman–Crippen MR) is 99.8 cm³/mol. The number of para-hydroxylation sites is 1. The Labute approximate surface area is 162 Å². The molecule has 3 aromatic rings. The zero-order chi connectivity index (χ0) is 18.7. The monoisotopic (exact) mass is 412 g/mol. The summed E-state index contributed by atoms with van der Waals surface area (Å²) in [6.07, 6.45) is 1.20. The Morgan fingerprint density at radius 2 is 1.96 bits per heavy atom. The van der Waals surface area contributed by atoms with Gasteiger partial charge in [0.2, 0.25) is 15.7 Å². The number of pyridine rings is 1. The number of benzene rings is 1. The second kappa shape index (κ2) is 8.47. The van der Waals surface area contributed by atoms with Crippen molar-refractivity contribution in [3.63, 3.8) is 0 Å². The average Bonchev–Trinajstić information content (AvgIpc) is 3.07. The van der Waals surface area contributed by atoms with Crippen LogP contribution in [0.1, 0.15) is 5.69 Å². The molecule has 0 spiro atoms. The SMILES string of the molecule is CNCc1cc(S(=O)(=O)c2ccc(OC)nc2)n(-c2ccccc2F)n1.Cl. The molecule has 27 heavy (non-hydrogen) atoms. The van der Waals surface area contributed by atoms with E-state index >= 15 is 0 Å². The van der Waals surface area contributed by atoms with Gasteiger partial charge in [0.25, 0.3) is 0 Å². The van der Waals surface area contributed by atoms with E-state index in [9.17, 15) is 12.8 Å². The molecular formula is C17H18ClFN4O3S. The average molecular weight is 413 g/mol. The van der Waals surface area contributed by atoms with Crippen molar-refractivity contribution < 1.29 is 17.5 Å². The van der Waals surface area contributed by atoms with Gasteiger partial charge in [-0.2, -0.15) is 5.10 Å². The summed E-state index contributed by atoms with van der Waals surface area (Å²) in [5.41, 5.74) is 0.519. The smallest absolute Gasteiger partial charge is 0.225 e. The van der Waals surface area contributed by atoms with Gasteiger partial charge in [-0.15, -0.1) is 12.4 Å². The molecule has 0 saturated carbocycles. The zero-order valence-electron chi connectivity index (χ0n) is 14.6. The standard InChI is InChI=1S/C17H17FN4O3S.ClH/c1-19-10-12-9-17(22(21-12)15-6-4-3-5-14(15)18)26(23,24)13-7-8-16(25-2)20-11-13;/h3-9,11,19H,10H2,1-2H3;1H. The van der Waals surface area contributed by atoms with Crippen molar-refractivity contribution in [3.8, 4) is 11.6 Å². The van der Waals surface area contributed by atoms with E-state index in [0.29, 0.717) is 18.1 Å². The molecule has 0 bridgehead atoms. The van der Waals surface area contributed by atoms with E-state index in [1.807, 2.05) is 0 Å². The quantitative estimate of drug-likeness (QED) is 0.669. The minimum atomic E-state index is -3.97. The second-order valence-corrected chi connectivity index (χ2v) is 7.30. The molecule has 0 aliphatic carbocycles. The van der Waals surface area contributed by atoms with Gasteiger partial charge < -0.3 is 10.1 Å². The third kappa shape index (κ3) is 4.10. The molecule has 2 aromatic heterocycles. The Morgan fingerprint density at radius 1 is 1.22 bits per heavy atom. The molecule has 1 N–H and O–H groups in total. The number of aromatic nitrogens is 3. The fraction of sp³-hybridized carbons (Fsp3) is 0.176. The summed E-state index contributed by atoms with van der Waals surface area (Å²) in [6, 6.07) is 10.1. The lowest BCUT2D eigenvalue weighted by Gasteiger charge is -2.09. The van der Waals surface area contributed by atoms with Gasteiger partial charge in [-0.25, -0.2) is 22.5 Å². The van der Waals surface area contributed by atoms with Crippen molar-refractivity contribution in [3.05, 3.63) is 60.2 Å². The molecule has 2 heterocycles. The molecule has 0 fully saturated rings. The molecule has 3 rings (SSSR count). The summed E-state index contributed by atoms with van der Waals surface area (Å²) in [4.78, 5) is 3.90. The summed E-state index contributed by atoms with van der Waals surface area (Å²) < 4.78 is 46.4. The van der Waals surface area contributed by atoms with Crippen LogP contribution in [0.4, 0.5) is 4.39 Å². The number of sulfone groups is 1. The number of methoxy groups -OCH3 is 1. The Kier molecular flexibility index (Phi) is 6.53. The van der Waals surface area contributed by atoms with Gasteiger partial charge in [-0.1, -0.05) is 12.1 Å². The van der Waals surface area contributed by atoms with E-state index in [2.05, 4.69) is 15.4 Å². The van der Waals surface area contributed by atoms with E-state index in [0.717, 1.165) is 4.68 Å². The summed E-state index contributed by atoms with van der Waals surface area (Å²) in [7, 11) is -0.819. The van der Waals surface area contributed by atoms with Crippen molar-refractivity contribution in [1.82, 2.24) is 20.1 Å². The largest absolute Gasteiger partial charge is 0.481 e. The maximum atomic E-state index is 14.2. The number of halogens is 2. The highest BCUT2D eigenvalue weighted by atomic mass is 35.5. The first-order chi connectivity index (χ1) is 12.5. The lowest BCUT2D eigenvalue weighted by molar-refractivity contribution is 0.397. The van der Waals surface area contributed by atoms with Gasteiger partial charge in [0, 0.05) is 24.9 Å². The van der Waals surface area contributed by atoms with Crippen LogP contribution in [0.15, 0.2) is 58.6 Å². The lowest BCUT2D eigenvalue weighted by atomic mass is 10.3. The molecule has 0 aliphatic heterocycles. The summed E-state index contributed by atoms with van der Waals surface area (Å²) in [5, 5.41) is 7.01. The Bertz CT molecular complexity index is 1020. The highest BCUT2D eigenvalue weighted by Gasteiger charge is 2.26. The van der Waals surface area contributed by atoms with Crippen LogP contribution in [0.3, 0.4) is 0 Å². The highest BCUT2D eigenvalue weighted by Crippen LogP contribution is 2.26. The predicted octanol–water partition coefficient (Wildman–Crippen LogP) is 2.39. The Balaban J connectivity index is 0.00000261. The van der Waals surface area contributed by atoms with Crippen LogP contribution in [0.5, 0.6) is 5.88 Å². The first-order valence-electron chi connectivity index (χ1n) is 7.71. The summed E-state index contributed by atoms with van der Waals surface area (Å²) >= 11 is 0. The first kappa shape index (κ1) is 20.8. The van der Waals surface area contributed by atoms with Crippen molar-refractivity contribution in [1.29, 1.82) is 0 Å². The van der Waals surface area contributed by atoms with Crippen LogP contribution in [0.2, 0.25) is 0 Å². The van der Waals surface area contributed by atoms with Gasteiger partial charge >= 0.3 is 0 Å². The number of hydrogen-bond donors (Lipinski definition) is 1. The number of nitrogens with one attached hydrogen (secondary N) is 1. The van der Waals surface area contributed by atoms with Crippen LogP contribution < -0.4 is 10.1 Å². The first-order valence-corrected chi connectivity index (χ1v) is 9.19. The van der Waals surface area contributed by atoms with Gasteiger partial charge in [0.05, 0.1) is 17.7 Å². The second-order valence-electron chi connectivity index (χ2n) is 5.41. The van der Waals surface area contributed by atoms with Crippen LogP contribution in [-0.2, 0) is 16.4 Å². The maximum Gasteiger partial charge on any atom is 0.225 e. The van der Waals surface area contributed by atoms with E-state index in [4.69, 9.17) is 4.74 Å². The minimum absolute atomic E-state index is 0. The maximum absolute atomic E-state index is 14.2. The van der Waals surface area contributed by atoms with Crippen LogP contribution in [-0.4, -0.2) is 37.3 Å². The molecule has 0 amide bonds. The normalized spacial score (nSPS) is 11.1. The van der Waals surface area contributed by atoms with Gasteiger partial charge in [0.1, 0.15) is 11.5 Å². The molecule has 1 aromatic carbocycles. The van der Waals surface area contributed by atoms with E-state index in [1.54, 1.807) is 13.1 Å². The fourth-order valence-electron chi connectivity index (χ4n) is 2.43. The number of nitrogens with zero attached hydrogens (tertiary/aromatic N) is 3. The number of ether oxygens (including phenoxy) is 1. The molecular weight excluding hydrogens is 395 g/mol. The molecule has 0 saturated heterocycles. The van der Waals surface area contributed by atoms with Crippen molar-refractivity contribution in [2.45, 2.75) is 16.5 Å². The Hall–Kier alpha value is -2.49. The molecule has 7 nitrogen and oxygen atoms in total. The van der Waals surface area contributed by atoms with E-state index in [-0.39, 0.29) is 28.0 Å². The fourth-order valence-corrected chi connectivity index (χ4v) is 3.77. The number of rotatable bonds is 6. The molecule has 0 atom stereocenters. The molecule has 0 radical (unpaired) electrons. The molecule has 144 valence electrons. The van der Waals surface area contributed by atoms with E-state index < -0.39 is 15.7 Å². The Morgan fingerprint density at radius 3 is 2.56 bits per heavy atom.